The number of anilines is 1. The molecule has 2 unspecified atom stereocenters. The maximum Gasteiger partial charge on any atom is 0.241 e. The quantitative estimate of drug-likeness (QED) is 0.826. The van der Waals surface area contributed by atoms with Crippen LogP contribution in [0.25, 0.3) is 0 Å². The van der Waals surface area contributed by atoms with Crippen LogP contribution in [0.2, 0.25) is 0 Å². The summed E-state index contributed by atoms with van der Waals surface area (Å²) in [5.74, 6) is 0.469. The van der Waals surface area contributed by atoms with Crippen molar-refractivity contribution in [1.29, 1.82) is 0 Å². The Morgan fingerprint density at radius 2 is 2.41 bits per heavy atom. The fourth-order valence-electron chi connectivity index (χ4n) is 1.72. The van der Waals surface area contributed by atoms with Crippen molar-refractivity contribution in [2.45, 2.75) is 36.6 Å². The first-order valence-electron chi connectivity index (χ1n) is 5.74. The molecule has 5 nitrogen and oxygen atoms in total. The molecular weight excluding hydrogens is 238 g/mol. The molecule has 0 spiro atoms. The maximum atomic E-state index is 5.98. The minimum absolute atomic E-state index is 0.241. The smallest absolute Gasteiger partial charge is 0.241 e. The van der Waals surface area contributed by atoms with Crippen molar-refractivity contribution < 1.29 is 9.47 Å². The normalized spacial score (nSPS) is 23.9. The zero-order chi connectivity index (χ0) is 12.3. The molecule has 0 aliphatic carbocycles. The van der Waals surface area contributed by atoms with Crippen molar-refractivity contribution in [2.75, 3.05) is 18.9 Å². The summed E-state index contributed by atoms with van der Waals surface area (Å²) in [5.41, 5.74) is 6.51. The van der Waals surface area contributed by atoms with Gasteiger partial charge >= 0.3 is 0 Å². The summed E-state index contributed by atoms with van der Waals surface area (Å²) in [6.07, 6.45) is 2.76. The van der Waals surface area contributed by atoms with Gasteiger partial charge in [-0.2, -0.15) is 4.98 Å². The predicted molar refractivity (Wildman–Crippen MR) is 67.3 cm³/mol. The lowest BCUT2D eigenvalue weighted by Gasteiger charge is -2.14. The largest absolute Gasteiger partial charge is 0.476 e. The second-order valence-electron chi connectivity index (χ2n) is 3.85. The van der Waals surface area contributed by atoms with Gasteiger partial charge in [0.2, 0.25) is 5.88 Å². The van der Waals surface area contributed by atoms with Crippen LogP contribution in [0, 0.1) is 0 Å². The third kappa shape index (κ3) is 2.81. The average molecular weight is 255 g/mol. The molecule has 1 aromatic heterocycles. The molecule has 94 valence electrons. The van der Waals surface area contributed by atoms with Crippen molar-refractivity contribution in [2.24, 2.45) is 0 Å². The average Bonchev–Trinajstić information content (AvgIpc) is 2.70. The van der Waals surface area contributed by atoms with Gasteiger partial charge < -0.3 is 15.2 Å². The van der Waals surface area contributed by atoms with E-state index in [0.717, 1.165) is 18.1 Å². The minimum Gasteiger partial charge on any atom is -0.476 e. The molecule has 1 aromatic rings. The number of hydrogen-bond acceptors (Lipinski definition) is 6. The highest BCUT2D eigenvalue weighted by atomic mass is 32.2. The third-order valence-corrected chi connectivity index (χ3v) is 4.13. The van der Waals surface area contributed by atoms with Crippen LogP contribution in [-0.4, -0.2) is 34.5 Å². The van der Waals surface area contributed by atoms with Gasteiger partial charge in [0, 0.05) is 11.9 Å². The number of aromatic nitrogens is 2. The molecule has 0 radical (unpaired) electrons. The number of nitrogens with two attached hydrogens (primary N) is 1. The van der Waals surface area contributed by atoms with E-state index in [4.69, 9.17) is 15.2 Å². The van der Waals surface area contributed by atoms with Crippen LogP contribution >= 0.6 is 11.8 Å². The Hall–Kier alpha value is -1.01. The second-order valence-corrected chi connectivity index (χ2v) is 5.08. The first-order valence-corrected chi connectivity index (χ1v) is 6.61. The number of nitrogen functional groups attached to an aromatic ring is 1. The van der Waals surface area contributed by atoms with Crippen LogP contribution in [-0.2, 0) is 4.74 Å². The van der Waals surface area contributed by atoms with Crippen molar-refractivity contribution in [1.82, 2.24) is 9.97 Å². The molecule has 2 atom stereocenters. The van der Waals surface area contributed by atoms with Gasteiger partial charge in [0.15, 0.2) is 0 Å². The first kappa shape index (κ1) is 12.4. The molecule has 1 saturated heterocycles. The molecule has 6 heteroatoms. The molecule has 2 rings (SSSR count). The Morgan fingerprint density at radius 1 is 1.59 bits per heavy atom. The summed E-state index contributed by atoms with van der Waals surface area (Å²) in [4.78, 5) is 8.23. The molecule has 1 aliphatic heterocycles. The predicted octanol–water partition coefficient (Wildman–Crippen LogP) is 1.73. The third-order valence-electron chi connectivity index (χ3n) is 2.66. The van der Waals surface area contributed by atoms with Crippen molar-refractivity contribution in [3.63, 3.8) is 0 Å². The van der Waals surface area contributed by atoms with Gasteiger partial charge in [0.25, 0.3) is 0 Å². The summed E-state index contributed by atoms with van der Waals surface area (Å²) in [6, 6.07) is 0. The topological polar surface area (TPSA) is 70.3 Å². The van der Waals surface area contributed by atoms with Gasteiger partial charge in [-0.25, -0.2) is 4.98 Å². The number of thioether (sulfide) groups is 1. The van der Waals surface area contributed by atoms with E-state index >= 15 is 0 Å². The van der Waals surface area contributed by atoms with Crippen LogP contribution in [0.15, 0.2) is 11.4 Å². The zero-order valence-electron chi connectivity index (χ0n) is 10.0. The van der Waals surface area contributed by atoms with Gasteiger partial charge in [0.1, 0.15) is 17.0 Å². The van der Waals surface area contributed by atoms with Crippen molar-refractivity contribution in [3.8, 4) is 5.88 Å². The fourth-order valence-corrected chi connectivity index (χ4v) is 2.81. The number of hydrogen-bond donors (Lipinski definition) is 1. The van der Waals surface area contributed by atoms with E-state index in [9.17, 15) is 0 Å². The van der Waals surface area contributed by atoms with E-state index in [1.165, 1.54) is 6.33 Å². The van der Waals surface area contributed by atoms with Crippen LogP contribution in [0.5, 0.6) is 5.88 Å². The highest BCUT2D eigenvalue weighted by Gasteiger charge is 2.26. The summed E-state index contributed by atoms with van der Waals surface area (Å²) in [5, 5.41) is 1.19. The Bertz CT molecular complexity index is 389. The fraction of sp³-hybridized carbons (Fsp3) is 0.636. The maximum absolute atomic E-state index is 5.98. The van der Waals surface area contributed by atoms with Gasteiger partial charge in [-0.05, 0) is 20.3 Å². The van der Waals surface area contributed by atoms with Crippen LogP contribution in [0.3, 0.4) is 0 Å². The van der Waals surface area contributed by atoms with E-state index in [2.05, 4.69) is 16.9 Å². The van der Waals surface area contributed by atoms with Crippen LogP contribution < -0.4 is 10.5 Å². The SMILES string of the molecule is CCOc1ncnc(SC2CCOC2C)c1N. The van der Waals surface area contributed by atoms with E-state index in [1.54, 1.807) is 11.8 Å². The Labute approximate surface area is 105 Å². The van der Waals surface area contributed by atoms with Gasteiger partial charge in [-0.1, -0.05) is 11.8 Å². The molecule has 2 N–H and O–H groups in total. The van der Waals surface area contributed by atoms with Gasteiger partial charge in [0.05, 0.1) is 12.7 Å². The number of rotatable bonds is 4. The van der Waals surface area contributed by atoms with Crippen LogP contribution in [0.4, 0.5) is 5.69 Å². The van der Waals surface area contributed by atoms with Crippen LogP contribution in [0.1, 0.15) is 20.3 Å². The van der Waals surface area contributed by atoms with Crippen molar-refractivity contribution >= 4 is 17.4 Å². The van der Waals surface area contributed by atoms with Crippen molar-refractivity contribution in [3.05, 3.63) is 6.33 Å². The summed E-state index contributed by atoms with van der Waals surface area (Å²) < 4.78 is 10.9. The Kier molecular flexibility index (Phi) is 4.06. The first-order chi connectivity index (χ1) is 8.22. The number of nitrogens with zero attached hydrogens (tertiary/aromatic N) is 2. The standard InChI is InChI=1S/C11H17N3O2S/c1-3-15-10-9(12)11(14-6-13-10)17-8-4-5-16-7(8)2/h6-8H,3-5,12H2,1-2H3. The zero-order valence-corrected chi connectivity index (χ0v) is 10.9. The molecule has 0 saturated carbocycles. The lowest BCUT2D eigenvalue weighted by atomic mass is 10.3. The summed E-state index contributed by atoms with van der Waals surface area (Å²) in [7, 11) is 0. The van der Waals surface area contributed by atoms with E-state index < -0.39 is 0 Å². The van der Waals surface area contributed by atoms with E-state index in [1.807, 2.05) is 6.92 Å². The molecule has 2 heterocycles. The number of ether oxygens (including phenoxy) is 2. The molecule has 0 amide bonds. The van der Waals surface area contributed by atoms with E-state index in [-0.39, 0.29) is 6.10 Å². The molecule has 0 aromatic carbocycles. The van der Waals surface area contributed by atoms with E-state index in [0.29, 0.717) is 23.4 Å². The van der Waals surface area contributed by atoms with Gasteiger partial charge in [-0.15, -0.1) is 0 Å². The molecule has 0 bridgehead atoms. The second kappa shape index (κ2) is 5.55. The summed E-state index contributed by atoms with van der Waals surface area (Å²) in [6.45, 7) is 5.34. The molecule has 17 heavy (non-hydrogen) atoms. The highest BCUT2D eigenvalue weighted by Crippen LogP contribution is 2.36. The van der Waals surface area contributed by atoms with Gasteiger partial charge in [-0.3, -0.25) is 0 Å². The Morgan fingerprint density at radius 3 is 3.06 bits per heavy atom. The Balaban J connectivity index is 2.12. The lowest BCUT2D eigenvalue weighted by Crippen LogP contribution is -2.14. The molecule has 1 aliphatic rings. The molecular formula is C11H17N3O2S. The molecule has 1 fully saturated rings. The monoisotopic (exact) mass is 255 g/mol. The highest BCUT2D eigenvalue weighted by molar-refractivity contribution is 8.00. The lowest BCUT2D eigenvalue weighted by molar-refractivity contribution is 0.127. The summed E-state index contributed by atoms with van der Waals surface area (Å²) >= 11 is 1.64. The minimum atomic E-state index is 0.241.